The Morgan fingerprint density at radius 2 is 1.13 bits per heavy atom. The molecule has 1 saturated heterocycles. The van der Waals surface area contributed by atoms with Crippen molar-refractivity contribution in [2.45, 2.75) is 50.8 Å². The minimum absolute atomic E-state index is 0.114. The van der Waals surface area contributed by atoms with E-state index in [-0.39, 0.29) is 17.9 Å². The van der Waals surface area contributed by atoms with E-state index < -0.39 is 20.9 Å². The molecular formula is C33H36O3P2. The van der Waals surface area contributed by atoms with Crippen LogP contribution < -0.4 is 21.2 Å². The second kappa shape index (κ2) is 11.7. The van der Waals surface area contributed by atoms with Crippen molar-refractivity contribution in [1.29, 1.82) is 0 Å². The quantitative estimate of drug-likeness (QED) is 0.229. The van der Waals surface area contributed by atoms with E-state index in [1.165, 1.54) is 10.6 Å². The van der Waals surface area contributed by atoms with Crippen molar-refractivity contribution < 1.29 is 14.0 Å². The van der Waals surface area contributed by atoms with Gasteiger partial charge in [-0.25, -0.2) is 0 Å². The van der Waals surface area contributed by atoms with Crippen LogP contribution in [0, 0.1) is 0 Å². The third kappa shape index (κ3) is 5.88. The lowest BCUT2D eigenvalue weighted by Crippen LogP contribution is -2.37. The van der Waals surface area contributed by atoms with Crippen LogP contribution in [-0.2, 0) is 14.0 Å². The van der Waals surface area contributed by atoms with Gasteiger partial charge in [-0.05, 0) is 38.8 Å². The minimum atomic E-state index is -2.85. The normalized spacial score (nSPS) is 19.9. The molecule has 0 aromatic heterocycles. The molecule has 4 aromatic carbocycles. The van der Waals surface area contributed by atoms with Crippen LogP contribution in [0.25, 0.3) is 0 Å². The molecule has 0 saturated carbocycles. The molecule has 1 aliphatic heterocycles. The highest BCUT2D eigenvalue weighted by atomic mass is 31.2. The summed E-state index contributed by atoms with van der Waals surface area (Å²) in [6.45, 7) is 6.28. The van der Waals surface area contributed by atoms with E-state index >= 15 is 0 Å². The fourth-order valence-corrected chi connectivity index (χ4v) is 11.0. The maximum atomic E-state index is 14.7. The molecule has 4 aromatic rings. The van der Waals surface area contributed by atoms with Crippen molar-refractivity contribution in [3.63, 3.8) is 0 Å². The van der Waals surface area contributed by atoms with Crippen LogP contribution in [0.1, 0.15) is 27.2 Å². The largest absolute Gasteiger partial charge is 0.345 e. The first-order valence-corrected chi connectivity index (χ1v) is 16.6. The Labute approximate surface area is 228 Å². The fraction of sp³-hybridized carbons (Fsp3) is 0.273. The molecule has 0 N–H and O–H groups in total. The van der Waals surface area contributed by atoms with Crippen LogP contribution in [-0.4, -0.2) is 29.8 Å². The molecule has 196 valence electrons. The predicted octanol–water partition coefficient (Wildman–Crippen LogP) is 6.43. The molecular weight excluding hydrogens is 506 g/mol. The van der Waals surface area contributed by atoms with Crippen molar-refractivity contribution in [3.05, 3.63) is 121 Å². The van der Waals surface area contributed by atoms with Crippen LogP contribution in [0.2, 0.25) is 0 Å². The van der Waals surface area contributed by atoms with Gasteiger partial charge in [-0.3, -0.25) is 0 Å². The van der Waals surface area contributed by atoms with Gasteiger partial charge >= 0.3 is 0 Å². The monoisotopic (exact) mass is 542 g/mol. The predicted molar refractivity (Wildman–Crippen MR) is 162 cm³/mol. The summed E-state index contributed by atoms with van der Waals surface area (Å²) in [5.41, 5.74) is 0.203. The van der Waals surface area contributed by atoms with Gasteiger partial charge in [-0.1, -0.05) is 128 Å². The summed E-state index contributed by atoms with van der Waals surface area (Å²) in [6, 6.07) is 41.3. The van der Waals surface area contributed by atoms with Gasteiger partial charge in [0.25, 0.3) is 0 Å². The maximum Gasteiger partial charge on any atom is 0.163 e. The first-order valence-electron chi connectivity index (χ1n) is 13.3. The average molecular weight is 543 g/mol. The van der Waals surface area contributed by atoms with Gasteiger partial charge < -0.3 is 14.0 Å². The average Bonchev–Trinajstić information content (AvgIpc) is 3.28. The zero-order valence-corrected chi connectivity index (χ0v) is 24.1. The second-order valence-electron chi connectivity index (χ2n) is 10.3. The molecule has 1 heterocycles. The van der Waals surface area contributed by atoms with Crippen LogP contribution in [0.15, 0.2) is 121 Å². The number of ether oxygens (including phenoxy) is 2. The zero-order chi connectivity index (χ0) is 26.6. The number of hydrogen-bond donors (Lipinski definition) is 0. The van der Waals surface area contributed by atoms with Crippen LogP contribution >= 0.6 is 15.1 Å². The third-order valence-electron chi connectivity index (χ3n) is 7.25. The topological polar surface area (TPSA) is 35.5 Å². The summed E-state index contributed by atoms with van der Waals surface area (Å²) < 4.78 is 27.9. The highest BCUT2D eigenvalue weighted by Gasteiger charge is 2.46. The fourth-order valence-electron chi connectivity index (χ4n) is 5.49. The first kappa shape index (κ1) is 27.0. The summed E-state index contributed by atoms with van der Waals surface area (Å²) in [4.78, 5) is 0. The number of rotatable bonds is 9. The summed E-state index contributed by atoms with van der Waals surface area (Å²) in [5, 5.41) is 4.44. The first-order chi connectivity index (χ1) is 18.4. The van der Waals surface area contributed by atoms with Crippen molar-refractivity contribution in [1.82, 2.24) is 0 Å². The molecule has 0 radical (unpaired) electrons. The highest BCUT2D eigenvalue weighted by molar-refractivity contribution is 7.78. The Kier molecular flexibility index (Phi) is 8.32. The zero-order valence-electron chi connectivity index (χ0n) is 22.3. The minimum Gasteiger partial charge on any atom is -0.345 e. The van der Waals surface area contributed by atoms with Gasteiger partial charge in [-0.15, -0.1) is 0 Å². The van der Waals surface area contributed by atoms with Gasteiger partial charge in [0.2, 0.25) is 0 Å². The molecule has 3 atom stereocenters. The van der Waals surface area contributed by atoms with E-state index in [1.54, 1.807) is 0 Å². The van der Waals surface area contributed by atoms with Crippen LogP contribution in [0.4, 0.5) is 0 Å². The van der Waals surface area contributed by atoms with Gasteiger partial charge in [0, 0.05) is 22.4 Å². The van der Waals surface area contributed by atoms with Gasteiger partial charge in [0.1, 0.15) is 7.14 Å². The number of hydrogen-bond acceptors (Lipinski definition) is 3. The van der Waals surface area contributed by atoms with E-state index in [0.717, 1.165) is 10.6 Å². The maximum absolute atomic E-state index is 14.7. The van der Waals surface area contributed by atoms with Crippen LogP contribution in [0.5, 0.6) is 0 Å². The Morgan fingerprint density at radius 1 is 0.711 bits per heavy atom. The Hall–Kier alpha value is -2.54. The van der Waals surface area contributed by atoms with E-state index in [4.69, 9.17) is 9.47 Å². The van der Waals surface area contributed by atoms with Gasteiger partial charge in [-0.2, -0.15) is 0 Å². The standard InChI is InChI=1S/C33H36O3P2/c1-26(37(27-16-8-4-9-17-27)28-18-10-5-11-19-28)32-31(35-33(2,3)36-32)24-25-38(34,29-20-12-6-13-21-29)30-22-14-7-15-23-30/h4-23,26,31-32H,24-25H2,1-3H3. The lowest BCUT2D eigenvalue weighted by atomic mass is 10.1. The van der Waals surface area contributed by atoms with E-state index in [9.17, 15) is 4.57 Å². The Bertz CT molecular complexity index is 1260. The summed E-state index contributed by atoms with van der Waals surface area (Å²) >= 11 is 0. The summed E-state index contributed by atoms with van der Waals surface area (Å²) in [7, 11) is -3.54. The molecule has 3 unspecified atom stereocenters. The van der Waals surface area contributed by atoms with Gasteiger partial charge in [0.05, 0.1) is 12.2 Å². The molecule has 1 fully saturated rings. The molecule has 5 rings (SSSR count). The lowest BCUT2D eigenvalue weighted by molar-refractivity contribution is -0.146. The SMILES string of the molecule is CC(C1OC(C)(C)OC1CCP(=O)(c1ccccc1)c1ccccc1)P(c1ccccc1)c1ccccc1. The van der Waals surface area contributed by atoms with Crippen molar-refractivity contribution >= 4 is 36.3 Å². The number of benzene rings is 4. The molecule has 0 bridgehead atoms. The van der Waals surface area contributed by atoms with Crippen molar-refractivity contribution in [2.24, 2.45) is 0 Å². The van der Waals surface area contributed by atoms with Crippen LogP contribution in [0.3, 0.4) is 0 Å². The smallest absolute Gasteiger partial charge is 0.163 e. The Morgan fingerprint density at radius 3 is 1.58 bits per heavy atom. The van der Waals surface area contributed by atoms with Crippen molar-refractivity contribution in [3.8, 4) is 0 Å². The summed E-state index contributed by atoms with van der Waals surface area (Å²) in [6.07, 6.45) is 0.921. The Balaban J connectivity index is 1.46. The molecule has 0 aliphatic carbocycles. The van der Waals surface area contributed by atoms with E-state index in [1.807, 2.05) is 74.5 Å². The molecule has 38 heavy (non-hydrogen) atoms. The molecule has 5 heteroatoms. The van der Waals surface area contributed by atoms with E-state index in [2.05, 4.69) is 67.6 Å². The molecule has 3 nitrogen and oxygen atoms in total. The third-order valence-corrected chi connectivity index (χ3v) is 13.2. The summed E-state index contributed by atoms with van der Waals surface area (Å²) in [5.74, 6) is -0.693. The molecule has 1 aliphatic rings. The molecule has 0 amide bonds. The lowest BCUT2D eigenvalue weighted by Gasteiger charge is -2.32. The highest BCUT2D eigenvalue weighted by Crippen LogP contribution is 2.49. The van der Waals surface area contributed by atoms with Gasteiger partial charge in [0.15, 0.2) is 5.79 Å². The van der Waals surface area contributed by atoms with Crippen molar-refractivity contribution in [2.75, 3.05) is 6.16 Å². The molecule has 0 spiro atoms. The second-order valence-corrected chi connectivity index (χ2v) is 15.9. The van der Waals surface area contributed by atoms with E-state index in [0.29, 0.717) is 12.6 Å².